The Morgan fingerprint density at radius 3 is 2.51 bits per heavy atom. The van der Waals surface area contributed by atoms with E-state index in [1.54, 1.807) is 4.90 Å². The smallest absolute Gasteiger partial charge is 0.316 e. The van der Waals surface area contributed by atoms with Crippen LogP contribution in [-0.2, 0) is 9.59 Å². The van der Waals surface area contributed by atoms with Crippen LogP contribution in [0.15, 0.2) is 60.7 Å². The fraction of sp³-hybridized carbons (Fsp3) is 0.185. The SMILES string of the molecule is Cc1ccc(C)c(N2C[C@H](C(=O)Oc3cccc(N4C(=O)c5cccc([N+](=O)[O-])c5C4=O)c3)CC2=O)c1. The summed E-state index contributed by atoms with van der Waals surface area (Å²) in [7, 11) is 0. The van der Waals surface area contributed by atoms with Crippen molar-refractivity contribution in [1.29, 1.82) is 0 Å². The Bertz CT molecular complexity index is 1510. The Kier molecular flexibility index (Phi) is 5.79. The van der Waals surface area contributed by atoms with Crippen LogP contribution in [0.5, 0.6) is 5.75 Å². The van der Waals surface area contributed by atoms with Crippen LogP contribution >= 0.6 is 0 Å². The summed E-state index contributed by atoms with van der Waals surface area (Å²) in [6.45, 7) is 3.99. The first-order chi connectivity index (χ1) is 17.7. The topological polar surface area (TPSA) is 127 Å². The zero-order valence-corrected chi connectivity index (χ0v) is 20.0. The van der Waals surface area contributed by atoms with E-state index in [4.69, 9.17) is 4.74 Å². The highest BCUT2D eigenvalue weighted by molar-refractivity contribution is 6.35. The number of imide groups is 1. The molecular formula is C27H21N3O7. The molecule has 0 unspecified atom stereocenters. The number of fused-ring (bicyclic) bond motifs is 1. The zero-order chi connectivity index (χ0) is 26.4. The summed E-state index contributed by atoms with van der Waals surface area (Å²) in [5.74, 6) is -2.96. The van der Waals surface area contributed by atoms with Crippen LogP contribution in [-0.4, -0.2) is 35.2 Å². The summed E-state index contributed by atoms with van der Waals surface area (Å²) in [5, 5.41) is 11.4. The lowest BCUT2D eigenvalue weighted by Crippen LogP contribution is -2.29. The molecule has 5 rings (SSSR count). The number of nitro groups is 1. The Balaban J connectivity index is 1.35. The zero-order valence-electron chi connectivity index (χ0n) is 20.0. The number of esters is 1. The second-order valence-electron chi connectivity index (χ2n) is 9.02. The minimum absolute atomic E-state index is 0.00597. The molecule has 3 aromatic carbocycles. The summed E-state index contributed by atoms with van der Waals surface area (Å²) in [5.41, 5.74) is 1.96. The fourth-order valence-corrected chi connectivity index (χ4v) is 4.65. The normalized spacial score (nSPS) is 16.8. The van der Waals surface area contributed by atoms with Crippen molar-refractivity contribution in [2.45, 2.75) is 20.3 Å². The van der Waals surface area contributed by atoms with Crippen molar-refractivity contribution in [1.82, 2.24) is 0 Å². The number of rotatable bonds is 5. The summed E-state index contributed by atoms with van der Waals surface area (Å²) in [4.78, 5) is 64.6. The molecule has 1 saturated heterocycles. The van der Waals surface area contributed by atoms with E-state index in [0.717, 1.165) is 27.8 Å². The van der Waals surface area contributed by atoms with Crippen molar-refractivity contribution in [2.24, 2.45) is 5.92 Å². The molecule has 0 bridgehead atoms. The van der Waals surface area contributed by atoms with Gasteiger partial charge in [0.15, 0.2) is 0 Å². The first kappa shape index (κ1) is 23.9. The molecule has 0 radical (unpaired) electrons. The third kappa shape index (κ3) is 4.12. The van der Waals surface area contributed by atoms with Gasteiger partial charge < -0.3 is 9.64 Å². The molecule has 2 heterocycles. The van der Waals surface area contributed by atoms with Crippen LogP contribution in [0.25, 0.3) is 0 Å². The molecule has 3 aromatic rings. The van der Waals surface area contributed by atoms with E-state index >= 15 is 0 Å². The highest BCUT2D eigenvalue weighted by Gasteiger charge is 2.42. The van der Waals surface area contributed by atoms with Crippen molar-refractivity contribution < 1.29 is 28.8 Å². The van der Waals surface area contributed by atoms with Gasteiger partial charge in [-0.15, -0.1) is 0 Å². The van der Waals surface area contributed by atoms with Gasteiger partial charge in [-0.1, -0.05) is 24.3 Å². The quantitative estimate of drug-likeness (QED) is 0.171. The first-order valence-electron chi connectivity index (χ1n) is 11.5. The monoisotopic (exact) mass is 499 g/mol. The third-order valence-corrected chi connectivity index (χ3v) is 6.50. The van der Waals surface area contributed by atoms with Crippen LogP contribution in [0.4, 0.5) is 17.1 Å². The average molecular weight is 499 g/mol. The first-order valence-corrected chi connectivity index (χ1v) is 11.5. The molecule has 1 fully saturated rings. The lowest BCUT2D eigenvalue weighted by molar-refractivity contribution is -0.385. The second kappa shape index (κ2) is 8.98. The van der Waals surface area contributed by atoms with Crippen molar-refractivity contribution in [3.05, 3.63) is 93.0 Å². The van der Waals surface area contributed by atoms with Gasteiger partial charge in [-0.05, 0) is 49.2 Å². The number of nitrogens with zero attached hydrogens (tertiary/aromatic N) is 3. The van der Waals surface area contributed by atoms with E-state index in [2.05, 4.69) is 0 Å². The van der Waals surface area contributed by atoms with Crippen LogP contribution in [0.2, 0.25) is 0 Å². The lowest BCUT2D eigenvalue weighted by Gasteiger charge is -2.19. The minimum Gasteiger partial charge on any atom is -0.426 e. The van der Waals surface area contributed by atoms with Crippen molar-refractivity contribution in [2.75, 3.05) is 16.3 Å². The Morgan fingerprint density at radius 2 is 1.76 bits per heavy atom. The molecule has 0 aromatic heterocycles. The van der Waals surface area contributed by atoms with Gasteiger partial charge in [0.2, 0.25) is 5.91 Å². The Hall–Kier alpha value is -4.86. The number of nitro benzene ring substituents is 1. The van der Waals surface area contributed by atoms with Gasteiger partial charge in [-0.3, -0.25) is 29.3 Å². The average Bonchev–Trinajstić information content (AvgIpc) is 3.38. The van der Waals surface area contributed by atoms with Crippen LogP contribution < -0.4 is 14.5 Å². The van der Waals surface area contributed by atoms with Crippen LogP contribution in [0.3, 0.4) is 0 Å². The summed E-state index contributed by atoms with van der Waals surface area (Å²) in [6.07, 6.45) is -0.00597. The van der Waals surface area contributed by atoms with Crippen molar-refractivity contribution in [3.8, 4) is 5.75 Å². The number of hydrogen-bond donors (Lipinski definition) is 0. The van der Waals surface area contributed by atoms with Gasteiger partial charge in [0.05, 0.1) is 22.1 Å². The number of hydrogen-bond acceptors (Lipinski definition) is 7. The van der Waals surface area contributed by atoms with E-state index in [1.807, 2.05) is 32.0 Å². The predicted molar refractivity (Wildman–Crippen MR) is 133 cm³/mol. The van der Waals surface area contributed by atoms with Gasteiger partial charge in [0.1, 0.15) is 11.3 Å². The van der Waals surface area contributed by atoms with Crippen molar-refractivity contribution in [3.63, 3.8) is 0 Å². The number of ether oxygens (including phenoxy) is 1. The fourth-order valence-electron chi connectivity index (χ4n) is 4.65. The molecule has 186 valence electrons. The van der Waals surface area contributed by atoms with E-state index < -0.39 is 34.3 Å². The molecule has 2 aliphatic rings. The second-order valence-corrected chi connectivity index (χ2v) is 9.02. The predicted octanol–water partition coefficient (Wildman–Crippen LogP) is 3.97. The molecule has 0 aliphatic carbocycles. The van der Waals surface area contributed by atoms with Crippen LogP contribution in [0.1, 0.15) is 38.3 Å². The van der Waals surface area contributed by atoms with Gasteiger partial charge in [0.25, 0.3) is 17.5 Å². The molecule has 10 nitrogen and oxygen atoms in total. The summed E-state index contributed by atoms with van der Waals surface area (Å²) in [6, 6.07) is 15.4. The van der Waals surface area contributed by atoms with Gasteiger partial charge in [0, 0.05) is 30.8 Å². The maximum Gasteiger partial charge on any atom is 0.316 e. The Labute approximate surface area is 211 Å². The van der Waals surface area contributed by atoms with E-state index in [0.29, 0.717) is 0 Å². The molecule has 37 heavy (non-hydrogen) atoms. The maximum atomic E-state index is 13.0. The van der Waals surface area contributed by atoms with E-state index in [1.165, 1.54) is 36.4 Å². The van der Waals surface area contributed by atoms with E-state index in [-0.39, 0.29) is 41.4 Å². The van der Waals surface area contributed by atoms with Gasteiger partial charge in [-0.2, -0.15) is 0 Å². The highest BCUT2D eigenvalue weighted by atomic mass is 16.6. The maximum absolute atomic E-state index is 13.0. The van der Waals surface area contributed by atoms with Crippen LogP contribution in [0, 0.1) is 29.9 Å². The molecule has 3 amide bonds. The van der Waals surface area contributed by atoms with Gasteiger partial charge >= 0.3 is 5.97 Å². The minimum atomic E-state index is -0.832. The Morgan fingerprint density at radius 1 is 1.00 bits per heavy atom. The number of benzene rings is 3. The highest BCUT2D eigenvalue weighted by Crippen LogP contribution is 2.35. The largest absolute Gasteiger partial charge is 0.426 e. The molecule has 0 saturated carbocycles. The molecule has 0 spiro atoms. The van der Waals surface area contributed by atoms with E-state index in [9.17, 15) is 29.3 Å². The number of anilines is 2. The molecule has 1 atom stereocenters. The molecule has 2 aliphatic heterocycles. The summed E-state index contributed by atoms with van der Waals surface area (Å²) < 4.78 is 5.52. The number of amides is 3. The van der Waals surface area contributed by atoms with Gasteiger partial charge in [-0.25, -0.2) is 4.90 Å². The lowest BCUT2D eigenvalue weighted by atomic mass is 10.1. The third-order valence-electron chi connectivity index (χ3n) is 6.50. The number of carbonyl (C=O) groups excluding carboxylic acids is 4. The molecule has 0 N–H and O–H groups in total. The standard InChI is InChI=1S/C27H21N3O7/c1-15-9-10-16(2)22(11-15)28-14-17(12-23(28)31)27(34)37-19-6-3-5-18(13-19)29-25(32)20-7-4-8-21(30(35)36)24(20)26(29)33/h3-11,13,17H,12,14H2,1-2H3/t17-/m1/s1. The summed E-state index contributed by atoms with van der Waals surface area (Å²) >= 11 is 0. The molecular weight excluding hydrogens is 478 g/mol. The molecule has 10 heteroatoms. The number of aryl methyl sites for hydroxylation is 2. The number of carbonyl (C=O) groups is 4. The van der Waals surface area contributed by atoms with Crippen molar-refractivity contribution >= 4 is 40.8 Å².